The number of carboxylic acids is 1. The molecule has 0 bridgehead atoms. The minimum Gasteiger partial charge on any atom is -0.478 e. The lowest BCUT2D eigenvalue weighted by Gasteiger charge is -2.21. The number of amides is 2. The van der Waals surface area contributed by atoms with Crippen molar-refractivity contribution in [2.45, 2.75) is 38.8 Å². The first-order chi connectivity index (χ1) is 15.3. The summed E-state index contributed by atoms with van der Waals surface area (Å²) in [5, 5.41) is 14.9. The number of carbonyl (C=O) groups excluding carboxylic acids is 1. The number of urea groups is 1. The monoisotopic (exact) mass is 432 g/mol. The minimum atomic E-state index is -1.28. The zero-order valence-electron chi connectivity index (χ0n) is 18.3. The second-order valence-corrected chi connectivity index (χ2v) is 8.06. The van der Waals surface area contributed by atoms with E-state index in [9.17, 15) is 14.7 Å². The Morgan fingerprint density at radius 3 is 2.19 bits per heavy atom. The molecular formula is C26H28N2O4. The minimum absolute atomic E-state index is 0.245. The Morgan fingerprint density at radius 1 is 0.844 bits per heavy atom. The summed E-state index contributed by atoms with van der Waals surface area (Å²) in [6, 6.07) is 24.7. The van der Waals surface area contributed by atoms with Crippen molar-refractivity contribution in [3.63, 3.8) is 0 Å². The van der Waals surface area contributed by atoms with Crippen LogP contribution in [0.1, 0.15) is 30.5 Å². The van der Waals surface area contributed by atoms with Gasteiger partial charge in [-0.25, -0.2) is 9.59 Å². The Bertz CT molecular complexity index is 1050. The Kier molecular flexibility index (Phi) is 7.49. The molecule has 3 aromatic rings. The van der Waals surface area contributed by atoms with E-state index in [0.29, 0.717) is 12.3 Å². The van der Waals surface area contributed by atoms with Gasteiger partial charge in [-0.3, -0.25) is 0 Å². The van der Waals surface area contributed by atoms with Crippen LogP contribution in [0.25, 0.3) is 0 Å². The third kappa shape index (κ3) is 6.87. The molecule has 166 valence electrons. The van der Waals surface area contributed by atoms with E-state index in [2.05, 4.69) is 10.6 Å². The van der Waals surface area contributed by atoms with Gasteiger partial charge in [0, 0.05) is 12.2 Å². The first-order valence-corrected chi connectivity index (χ1v) is 10.5. The highest BCUT2D eigenvalue weighted by atomic mass is 16.5. The van der Waals surface area contributed by atoms with Gasteiger partial charge in [0.2, 0.25) is 0 Å². The summed E-state index contributed by atoms with van der Waals surface area (Å²) in [5.41, 5.74) is 2.73. The van der Waals surface area contributed by atoms with Crippen LogP contribution in [0.3, 0.4) is 0 Å². The SMILES string of the molecule is CC(C)(Oc1ccc(CCc2cccc(NC(=O)NCc3ccccc3)c2)cc1)C(=O)O. The number of carbonyl (C=O) groups is 2. The van der Waals surface area contributed by atoms with Gasteiger partial charge in [0.1, 0.15) is 5.75 Å². The number of rotatable bonds is 9. The van der Waals surface area contributed by atoms with Crippen molar-refractivity contribution in [3.8, 4) is 5.75 Å². The van der Waals surface area contributed by atoms with Crippen molar-refractivity contribution >= 4 is 17.7 Å². The van der Waals surface area contributed by atoms with E-state index in [4.69, 9.17) is 4.74 Å². The molecule has 0 aliphatic rings. The maximum absolute atomic E-state index is 12.2. The fourth-order valence-electron chi connectivity index (χ4n) is 3.11. The summed E-state index contributed by atoms with van der Waals surface area (Å²) < 4.78 is 5.54. The maximum atomic E-state index is 12.2. The van der Waals surface area contributed by atoms with E-state index >= 15 is 0 Å². The number of aliphatic carboxylic acids is 1. The van der Waals surface area contributed by atoms with E-state index in [-0.39, 0.29) is 6.03 Å². The molecule has 0 spiro atoms. The zero-order valence-corrected chi connectivity index (χ0v) is 18.3. The highest BCUT2D eigenvalue weighted by Gasteiger charge is 2.29. The van der Waals surface area contributed by atoms with Gasteiger partial charge in [-0.1, -0.05) is 54.6 Å². The average molecular weight is 433 g/mol. The topological polar surface area (TPSA) is 87.7 Å². The molecule has 0 unspecified atom stereocenters. The number of benzene rings is 3. The van der Waals surface area contributed by atoms with Crippen LogP contribution in [-0.4, -0.2) is 22.7 Å². The number of hydrogen-bond acceptors (Lipinski definition) is 3. The first-order valence-electron chi connectivity index (χ1n) is 10.5. The van der Waals surface area contributed by atoms with E-state index in [0.717, 1.165) is 35.2 Å². The van der Waals surface area contributed by atoms with Crippen molar-refractivity contribution in [1.82, 2.24) is 5.32 Å². The molecule has 0 fully saturated rings. The van der Waals surface area contributed by atoms with E-state index < -0.39 is 11.6 Å². The summed E-state index contributed by atoms with van der Waals surface area (Å²) in [5.74, 6) is -0.488. The molecule has 0 saturated heterocycles. The molecule has 0 heterocycles. The molecule has 3 rings (SSSR count). The third-order valence-electron chi connectivity index (χ3n) is 4.99. The van der Waals surface area contributed by atoms with Crippen molar-refractivity contribution in [2.75, 3.05) is 5.32 Å². The fourth-order valence-corrected chi connectivity index (χ4v) is 3.11. The molecular weight excluding hydrogens is 404 g/mol. The van der Waals surface area contributed by atoms with Crippen molar-refractivity contribution in [3.05, 3.63) is 95.6 Å². The van der Waals surface area contributed by atoms with Crippen molar-refractivity contribution in [1.29, 1.82) is 0 Å². The summed E-state index contributed by atoms with van der Waals surface area (Å²) in [7, 11) is 0. The Morgan fingerprint density at radius 2 is 1.50 bits per heavy atom. The number of nitrogens with one attached hydrogen (secondary N) is 2. The van der Waals surface area contributed by atoms with Crippen LogP contribution >= 0.6 is 0 Å². The number of ether oxygens (including phenoxy) is 1. The summed E-state index contributed by atoms with van der Waals surface area (Å²) >= 11 is 0. The predicted octanol–water partition coefficient (Wildman–Crippen LogP) is 5.04. The predicted molar refractivity (Wildman–Crippen MR) is 125 cm³/mol. The molecule has 6 heteroatoms. The maximum Gasteiger partial charge on any atom is 0.347 e. The summed E-state index contributed by atoms with van der Waals surface area (Å²) in [4.78, 5) is 23.4. The Labute approximate surface area is 188 Å². The largest absolute Gasteiger partial charge is 0.478 e. The molecule has 0 aliphatic carbocycles. The van der Waals surface area contributed by atoms with Crippen LogP contribution in [0.4, 0.5) is 10.5 Å². The van der Waals surface area contributed by atoms with Crippen LogP contribution in [0.2, 0.25) is 0 Å². The van der Waals surface area contributed by atoms with Gasteiger partial charge in [-0.05, 0) is 67.6 Å². The average Bonchev–Trinajstić information content (AvgIpc) is 2.78. The highest BCUT2D eigenvalue weighted by molar-refractivity contribution is 5.89. The number of hydrogen-bond donors (Lipinski definition) is 3. The molecule has 0 saturated carbocycles. The molecule has 3 aromatic carbocycles. The second kappa shape index (κ2) is 10.5. The normalized spacial score (nSPS) is 10.9. The van der Waals surface area contributed by atoms with Crippen LogP contribution in [0.15, 0.2) is 78.9 Å². The van der Waals surface area contributed by atoms with Crippen LogP contribution in [0, 0.1) is 0 Å². The zero-order chi connectivity index (χ0) is 23.0. The Balaban J connectivity index is 1.50. The summed E-state index contributed by atoms with van der Waals surface area (Å²) in [6.45, 7) is 3.51. The lowest BCUT2D eigenvalue weighted by atomic mass is 10.0. The van der Waals surface area contributed by atoms with E-state index in [1.807, 2.05) is 66.7 Å². The van der Waals surface area contributed by atoms with Gasteiger partial charge >= 0.3 is 12.0 Å². The number of carboxylic acid groups (broad SMARTS) is 1. The smallest absolute Gasteiger partial charge is 0.347 e. The summed E-state index contributed by atoms with van der Waals surface area (Å²) in [6.07, 6.45) is 1.62. The van der Waals surface area contributed by atoms with Gasteiger partial charge in [-0.2, -0.15) is 0 Å². The number of aryl methyl sites for hydroxylation is 2. The lowest BCUT2D eigenvalue weighted by molar-refractivity contribution is -0.152. The molecule has 32 heavy (non-hydrogen) atoms. The standard InChI is InChI=1S/C26H28N2O4/c1-26(2,24(29)30)32-23-15-13-19(14-16-23)11-12-20-9-6-10-22(17-20)28-25(31)27-18-21-7-4-3-5-8-21/h3-10,13-17H,11-12,18H2,1-2H3,(H,29,30)(H2,27,28,31). The lowest BCUT2D eigenvalue weighted by Crippen LogP contribution is -2.37. The second-order valence-electron chi connectivity index (χ2n) is 8.06. The molecule has 6 nitrogen and oxygen atoms in total. The Hall–Kier alpha value is -3.80. The van der Waals surface area contributed by atoms with E-state index in [1.165, 1.54) is 13.8 Å². The van der Waals surface area contributed by atoms with Crippen LogP contribution in [-0.2, 0) is 24.2 Å². The molecule has 0 radical (unpaired) electrons. The molecule has 0 atom stereocenters. The molecule has 2 amide bonds. The van der Waals surface area contributed by atoms with Crippen LogP contribution < -0.4 is 15.4 Å². The van der Waals surface area contributed by atoms with Crippen LogP contribution in [0.5, 0.6) is 5.75 Å². The van der Waals surface area contributed by atoms with Gasteiger partial charge in [0.25, 0.3) is 0 Å². The van der Waals surface area contributed by atoms with Crippen molar-refractivity contribution < 1.29 is 19.4 Å². The van der Waals surface area contributed by atoms with Gasteiger partial charge < -0.3 is 20.5 Å². The quantitative estimate of drug-likeness (QED) is 0.442. The molecule has 0 aromatic heterocycles. The van der Waals surface area contributed by atoms with Gasteiger partial charge in [0.15, 0.2) is 5.60 Å². The third-order valence-corrected chi connectivity index (χ3v) is 4.99. The molecule has 3 N–H and O–H groups in total. The van der Waals surface area contributed by atoms with E-state index in [1.54, 1.807) is 12.1 Å². The molecule has 0 aliphatic heterocycles. The fraction of sp³-hybridized carbons (Fsp3) is 0.231. The van der Waals surface area contributed by atoms with Gasteiger partial charge in [-0.15, -0.1) is 0 Å². The highest BCUT2D eigenvalue weighted by Crippen LogP contribution is 2.20. The van der Waals surface area contributed by atoms with Crippen molar-refractivity contribution in [2.24, 2.45) is 0 Å². The van der Waals surface area contributed by atoms with Gasteiger partial charge in [0.05, 0.1) is 0 Å². The first kappa shape index (κ1) is 22.9. The number of anilines is 1.